The van der Waals surface area contributed by atoms with Gasteiger partial charge in [-0.05, 0) is 67.8 Å². The second-order valence-corrected chi connectivity index (χ2v) is 8.40. The summed E-state index contributed by atoms with van der Waals surface area (Å²) in [5.74, 6) is 0.662. The molecule has 0 amide bonds. The number of nitrogens with one attached hydrogen (secondary N) is 2. The molecule has 1 aromatic heterocycles. The SMILES string of the molecule is COc1ccc(S(=O)(=O)NCCc2c(C)[nH]c3ccc(Cl)cc23)cc1C. The molecule has 3 aromatic rings. The molecule has 2 N–H and O–H groups in total. The largest absolute Gasteiger partial charge is 0.496 e. The maximum Gasteiger partial charge on any atom is 0.240 e. The molecule has 0 unspecified atom stereocenters. The predicted molar refractivity (Wildman–Crippen MR) is 105 cm³/mol. The molecule has 26 heavy (non-hydrogen) atoms. The van der Waals surface area contributed by atoms with Crippen LogP contribution in [0.5, 0.6) is 5.75 Å². The van der Waals surface area contributed by atoms with Crippen molar-refractivity contribution >= 4 is 32.5 Å². The number of fused-ring (bicyclic) bond motifs is 1. The maximum absolute atomic E-state index is 12.5. The highest BCUT2D eigenvalue weighted by molar-refractivity contribution is 7.89. The smallest absolute Gasteiger partial charge is 0.240 e. The van der Waals surface area contributed by atoms with Crippen molar-refractivity contribution in [3.63, 3.8) is 0 Å². The molecular weight excluding hydrogens is 372 g/mol. The molecular formula is C19H21ClN2O3S. The molecule has 0 bridgehead atoms. The Bertz CT molecular complexity index is 1060. The van der Waals surface area contributed by atoms with E-state index in [2.05, 4.69) is 9.71 Å². The number of sulfonamides is 1. The third kappa shape index (κ3) is 3.72. The van der Waals surface area contributed by atoms with Gasteiger partial charge in [0.15, 0.2) is 0 Å². The first-order chi connectivity index (χ1) is 12.3. The van der Waals surface area contributed by atoms with Crippen LogP contribution in [0.3, 0.4) is 0 Å². The van der Waals surface area contributed by atoms with Gasteiger partial charge < -0.3 is 9.72 Å². The van der Waals surface area contributed by atoms with Crippen LogP contribution in [-0.4, -0.2) is 27.1 Å². The van der Waals surface area contributed by atoms with Gasteiger partial charge in [0.05, 0.1) is 12.0 Å². The first-order valence-corrected chi connectivity index (χ1v) is 10.1. The molecule has 0 fully saturated rings. The fraction of sp³-hybridized carbons (Fsp3) is 0.263. The van der Waals surface area contributed by atoms with E-state index in [1.165, 1.54) is 0 Å². The summed E-state index contributed by atoms with van der Waals surface area (Å²) in [5.41, 5.74) is 3.85. The minimum Gasteiger partial charge on any atom is -0.496 e. The van der Waals surface area contributed by atoms with E-state index in [0.29, 0.717) is 23.7 Å². The zero-order valence-electron chi connectivity index (χ0n) is 14.9. The van der Waals surface area contributed by atoms with Crippen molar-refractivity contribution < 1.29 is 13.2 Å². The van der Waals surface area contributed by atoms with E-state index in [0.717, 1.165) is 27.7 Å². The van der Waals surface area contributed by atoms with Crippen LogP contribution in [-0.2, 0) is 16.4 Å². The summed E-state index contributed by atoms with van der Waals surface area (Å²) in [5, 5.41) is 1.68. The molecule has 0 atom stereocenters. The van der Waals surface area contributed by atoms with Crippen molar-refractivity contribution in [3.05, 3.63) is 58.2 Å². The first-order valence-electron chi connectivity index (χ1n) is 8.23. The number of methoxy groups -OCH3 is 1. The van der Waals surface area contributed by atoms with E-state index in [-0.39, 0.29) is 4.90 Å². The summed E-state index contributed by atoms with van der Waals surface area (Å²) in [4.78, 5) is 3.53. The highest BCUT2D eigenvalue weighted by Gasteiger charge is 2.16. The molecule has 0 radical (unpaired) electrons. The summed E-state index contributed by atoms with van der Waals surface area (Å²) in [6, 6.07) is 10.5. The number of hydrogen-bond acceptors (Lipinski definition) is 3. The number of halogens is 1. The average molecular weight is 393 g/mol. The van der Waals surface area contributed by atoms with Crippen LogP contribution in [0, 0.1) is 13.8 Å². The molecule has 1 heterocycles. The zero-order valence-corrected chi connectivity index (χ0v) is 16.5. The Morgan fingerprint density at radius 3 is 2.62 bits per heavy atom. The van der Waals surface area contributed by atoms with Crippen LogP contribution in [0.4, 0.5) is 0 Å². The average Bonchev–Trinajstić information content (AvgIpc) is 2.90. The van der Waals surface area contributed by atoms with Crippen LogP contribution in [0.15, 0.2) is 41.3 Å². The van der Waals surface area contributed by atoms with Crippen LogP contribution >= 0.6 is 11.6 Å². The van der Waals surface area contributed by atoms with Crippen LogP contribution in [0.2, 0.25) is 5.02 Å². The molecule has 0 saturated carbocycles. The molecule has 0 aliphatic rings. The molecule has 5 nitrogen and oxygen atoms in total. The Kier molecular flexibility index (Phi) is 5.27. The lowest BCUT2D eigenvalue weighted by molar-refractivity contribution is 0.411. The Labute approximate surface area is 158 Å². The number of aryl methyl sites for hydroxylation is 2. The standard InChI is InChI=1S/C19H21ClN2O3S/c1-12-10-15(5-7-19(12)25-3)26(23,24)21-9-8-16-13(2)22-18-6-4-14(20)11-17(16)18/h4-7,10-11,21-22H,8-9H2,1-3H3. The zero-order chi connectivity index (χ0) is 18.9. The van der Waals surface area contributed by atoms with Crippen molar-refractivity contribution in [2.45, 2.75) is 25.2 Å². The molecule has 0 aliphatic carbocycles. The summed E-state index contributed by atoms with van der Waals surface area (Å²) in [6.45, 7) is 4.09. The van der Waals surface area contributed by atoms with E-state index in [1.54, 1.807) is 25.3 Å². The van der Waals surface area contributed by atoms with Gasteiger partial charge in [0, 0.05) is 28.2 Å². The van der Waals surface area contributed by atoms with Crippen molar-refractivity contribution in [1.29, 1.82) is 0 Å². The topological polar surface area (TPSA) is 71.2 Å². The molecule has 138 valence electrons. The van der Waals surface area contributed by atoms with Crippen LogP contribution in [0.1, 0.15) is 16.8 Å². The number of H-pyrrole nitrogens is 1. The normalized spacial score (nSPS) is 11.8. The van der Waals surface area contributed by atoms with Gasteiger partial charge in [-0.1, -0.05) is 11.6 Å². The molecule has 0 saturated heterocycles. The first kappa shape index (κ1) is 18.8. The van der Waals surface area contributed by atoms with Crippen molar-refractivity contribution in [3.8, 4) is 5.75 Å². The van der Waals surface area contributed by atoms with E-state index in [9.17, 15) is 8.42 Å². The second kappa shape index (κ2) is 7.31. The van der Waals surface area contributed by atoms with Gasteiger partial charge in [0.1, 0.15) is 5.75 Å². The minimum absolute atomic E-state index is 0.231. The highest BCUT2D eigenvalue weighted by atomic mass is 35.5. The van der Waals surface area contributed by atoms with Gasteiger partial charge >= 0.3 is 0 Å². The van der Waals surface area contributed by atoms with Gasteiger partial charge in [-0.15, -0.1) is 0 Å². The third-order valence-corrected chi connectivity index (χ3v) is 6.12. The summed E-state index contributed by atoms with van der Waals surface area (Å²) in [6.07, 6.45) is 0.570. The minimum atomic E-state index is -3.58. The fourth-order valence-corrected chi connectivity index (χ4v) is 4.38. The van der Waals surface area contributed by atoms with Gasteiger partial charge in [-0.25, -0.2) is 13.1 Å². The molecule has 2 aromatic carbocycles. The summed E-state index contributed by atoms with van der Waals surface area (Å²) >= 11 is 6.09. The predicted octanol–water partition coefficient (Wildman–Crippen LogP) is 3.97. The Balaban J connectivity index is 1.76. The second-order valence-electron chi connectivity index (χ2n) is 6.20. The Morgan fingerprint density at radius 1 is 1.15 bits per heavy atom. The quantitative estimate of drug-likeness (QED) is 0.666. The van der Waals surface area contributed by atoms with Crippen LogP contribution < -0.4 is 9.46 Å². The Morgan fingerprint density at radius 2 is 1.92 bits per heavy atom. The maximum atomic E-state index is 12.5. The lowest BCUT2D eigenvalue weighted by atomic mass is 10.1. The van der Waals surface area contributed by atoms with Gasteiger partial charge in [0.25, 0.3) is 0 Å². The monoisotopic (exact) mass is 392 g/mol. The lowest BCUT2D eigenvalue weighted by Gasteiger charge is -2.10. The number of aromatic nitrogens is 1. The summed E-state index contributed by atoms with van der Waals surface area (Å²) < 4.78 is 32.9. The third-order valence-electron chi connectivity index (χ3n) is 4.43. The van der Waals surface area contributed by atoms with Gasteiger partial charge in [-0.2, -0.15) is 0 Å². The van der Waals surface area contributed by atoms with Gasteiger partial charge in [-0.3, -0.25) is 0 Å². The number of aromatic amines is 1. The summed E-state index contributed by atoms with van der Waals surface area (Å²) in [7, 11) is -2.02. The Hall–Kier alpha value is -2.02. The fourth-order valence-electron chi connectivity index (χ4n) is 3.09. The molecule has 7 heteroatoms. The lowest BCUT2D eigenvalue weighted by Crippen LogP contribution is -2.26. The number of hydrogen-bond donors (Lipinski definition) is 2. The van der Waals surface area contributed by atoms with Crippen molar-refractivity contribution in [2.75, 3.05) is 13.7 Å². The highest BCUT2D eigenvalue weighted by Crippen LogP contribution is 2.26. The van der Waals surface area contributed by atoms with E-state index in [1.807, 2.05) is 32.0 Å². The van der Waals surface area contributed by atoms with Crippen molar-refractivity contribution in [1.82, 2.24) is 9.71 Å². The number of rotatable bonds is 6. The number of benzene rings is 2. The van der Waals surface area contributed by atoms with Crippen molar-refractivity contribution in [2.24, 2.45) is 0 Å². The van der Waals surface area contributed by atoms with Gasteiger partial charge in [0.2, 0.25) is 10.0 Å². The van der Waals surface area contributed by atoms with E-state index in [4.69, 9.17) is 16.3 Å². The van der Waals surface area contributed by atoms with E-state index < -0.39 is 10.0 Å². The molecule has 3 rings (SSSR count). The number of ether oxygens (including phenoxy) is 1. The molecule has 0 spiro atoms. The van der Waals surface area contributed by atoms with Crippen LogP contribution in [0.25, 0.3) is 10.9 Å². The molecule has 0 aliphatic heterocycles. The van der Waals surface area contributed by atoms with E-state index >= 15 is 0 Å².